The second-order valence-corrected chi connectivity index (χ2v) is 6.15. The van der Waals surface area contributed by atoms with Crippen molar-refractivity contribution in [3.63, 3.8) is 0 Å². The quantitative estimate of drug-likeness (QED) is 0.403. The lowest BCUT2D eigenvalue weighted by Crippen LogP contribution is -2.04. The number of pyridine rings is 1. The standard InChI is InChI=1S/C21H21NO4S.ClH/c1-5-26-15-6-7-16-14(8-15)11-22-12-17(16)21(27)13-9-18(23-2)20(25-4)19(10-13)24-3;/h6-12H,5H2,1-4H3;1H. The van der Waals surface area contributed by atoms with Gasteiger partial charge in [0.2, 0.25) is 5.75 Å². The molecule has 1 aromatic heterocycles. The van der Waals surface area contributed by atoms with Crippen molar-refractivity contribution in [3.05, 3.63) is 53.9 Å². The van der Waals surface area contributed by atoms with Crippen LogP contribution in [0, 0.1) is 0 Å². The van der Waals surface area contributed by atoms with Crippen molar-refractivity contribution in [1.82, 2.24) is 4.98 Å². The van der Waals surface area contributed by atoms with Gasteiger partial charge < -0.3 is 18.9 Å². The van der Waals surface area contributed by atoms with Gasteiger partial charge in [-0.15, -0.1) is 12.4 Å². The fourth-order valence-electron chi connectivity index (χ4n) is 2.96. The van der Waals surface area contributed by atoms with Crippen molar-refractivity contribution in [1.29, 1.82) is 0 Å². The highest BCUT2D eigenvalue weighted by Gasteiger charge is 2.17. The maximum absolute atomic E-state index is 5.77. The van der Waals surface area contributed by atoms with Gasteiger partial charge in [0.1, 0.15) is 5.75 Å². The van der Waals surface area contributed by atoms with Crippen LogP contribution in [0.4, 0.5) is 0 Å². The van der Waals surface area contributed by atoms with Gasteiger partial charge in [-0.25, -0.2) is 0 Å². The predicted octanol–water partition coefficient (Wildman–Crippen LogP) is 4.85. The van der Waals surface area contributed by atoms with Crippen molar-refractivity contribution >= 4 is 40.3 Å². The molecule has 3 rings (SSSR count). The molecule has 2 aromatic carbocycles. The van der Waals surface area contributed by atoms with Crippen LogP contribution in [0.5, 0.6) is 23.0 Å². The van der Waals surface area contributed by atoms with Gasteiger partial charge in [0.05, 0.1) is 32.8 Å². The summed E-state index contributed by atoms with van der Waals surface area (Å²) in [7, 11) is 4.74. The molecule has 0 saturated heterocycles. The minimum Gasteiger partial charge on any atom is -0.494 e. The molecule has 0 radical (unpaired) electrons. The highest BCUT2D eigenvalue weighted by atomic mass is 35.5. The van der Waals surface area contributed by atoms with Gasteiger partial charge in [-0.3, -0.25) is 4.98 Å². The Labute approximate surface area is 176 Å². The zero-order valence-electron chi connectivity index (χ0n) is 16.1. The molecule has 3 aromatic rings. The van der Waals surface area contributed by atoms with E-state index in [-0.39, 0.29) is 12.4 Å². The van der Waals surface area contributed by atoms with Crippen LogP contribution in [-0.2, 0) is 0 Å². The number of methoxy groups -OCH3 is 3. The molecule has 0 N–H and O–H groups in total. The molecular formula is C21H22ClNO4S. The summed E-state index contributed by atoms with van der Waals surface area (Å²) in [6, 6.07) is 9.59. The molecule has 0 atom stereocenters. The molecule has 0 aliphatic rings. The molecule has 0 spiro atoms. The Bertz CT molecular complexity index is 968. The van der Waals surface area contributed by atoms with Gasteiger partial charge in [0, 0.05) is 28.9 Å². The normalized spacial score (nSPS) is 10.1. The first-order valence-electron chi connectivity index (χ1n) is 8.48. The third-order valence-corrected chi connectivity index (χ3v) is 4.67. The first kappa shape index (κ1) is 21.7. The van der Waals surface area contributed by atoms with E-state index < -0.39 is 0 Å². The van der Waals surface area contributed by atoms with E-state index in [0.717, 1.165) is 27.6 Å². The van der Waals surface area contributed by atoms with Crippen LogP contribution in [0.2, 0.25) is 0 Å². The number of ether oxygens (including phenoxy) is 4. The number of halogens is 1. The maximum Gasteiger partial charge on any atom is 0.203 e. The van der Waals surface area contributed by atoms with Crippen molar-refractivity contribution < 1.29 is 18.9 Å². The van der Waals surface area contributed by atoms with Crippen LogP contribution in [0.25, 0.3) is 10.8 Å². The van der Waals surface area contributed by atoms with E-state index in [0.29, 0.717) is 28.7 Å². The third kappa shape index (κ3) is 4.13. The Morgan fingerprint density at radius 2 is 1.64 bits per heavy atom. The molecule has 0 aliphatic carbocycles. The van der Waals surface area contributed by atoms with Gasteiger partial charge in [-0.2, -0.15) is 0 Å². The summed E-state index contributed by atoms with van der Waals surface area (Å²) in [5.74, 6) is 2.45. The summed E-state index contributed by atoms with van der Waals surface area (Å²) in [5.41, 5.74) is 1.66. The average molecular weight is 420 g/mol. The number of aromatic nitrogens is 1. The minimum absolute atomic E-state index is 0. The maximum atomic E-state index is 5.77. The molecule has 5 nitrogen and oxygen atoms in total. The largest absolute Gasteiger partial charge is 0.494 e. The molecular weight excluding hydrogens is 398 g/mol. The summed E-state index contributed by atoms with van der Waals surface area (Å²) in [6.45, 7) is 2.57. The van der Waals surface area contributed by atoms with E-state index >= 15 is 0 Å². The van der Waals surface area contributed by atoms with Gasteiger partial charge in [0.25, 0.3) is 0 Å². The molecule has 0 amide bonds. The molecule has 0 unspecified atom stereocenters. The molecule has 0 fully saturated rings. The third-order valence-electron chi connectivity index (χ3n) is 4.21. The van der Waals surface area contributed by atoms with Gasteiger partial charge in [-0.05, 0) is 42.6 Å². The first-order chi connectivity index (χ1) is 13.1. The number of hydrogen-bond donors (Lipinski definition) is 0. The van der Waals surface area contributed by atoms with E-state index in [1.165, 1.54) is 0 Å². The fraction of sp³-hybridized carbons (Fsp3) is 0.238. The van der Waals surface area contributed by atoms with E-state index in [1.54, 1.807) is 33.7 Å². The smallest absolute Gasteiger partial charge is 0.203 e. The fourth-order valence-corrected chi connectivity index (χ4v) is 3.24. The highest BCUT2D eigenvalue weighted by Crippen LogP contribution is 2.39. The Morgan fingerprint density at radius 1 is 0.964 bits per heavy atom. The number of hydrogen-bond acceptors (Lipinski definition) is 6. The summed E-state index contributed by atoms with van der Waals surface area (Å²) in [4.78, 5) is 5.00. The molecule has 0 bridgehead atoms. The lowest BCUT2D eigenvalue weighted by molar-refractivity contribution is 0.324. The van der Waals surface area contributed by atoms with Gasteiger partial charge in [0.15, 0.2) is 11.5 Å². The van der Waals surface area contributed by atoms with Crippen LogP contribution in [0.15, 0.2) is 42.7 Å². The van der Waals surface area contributed by atoms with Crippen molar-refractivity contribution in [2.24, 2.45) is 0 Å². The van der Waals surface area contributed by atoms with Crippen LogP contribution in [-0.4, -0.2) is 37.8 Å². The molecule has 0 aliphatic heterocycles. The van der Waals surface area contributed by atoms with E-state index in [9.17, 15) is 0 Å². The highest BCUT2D eigenvalue weighted by molar-refractivity contribution is 7.81. The number of nitrogens with zero attached hydrogens (tertiary/aromatic N) is 1. The van der Waals surface area contributed by atoms with Crippen LogP contribution < -0.4 is 18.9 Å². The average Bonchev–Trinajstić information content (AvgIpc) is 2.71. The summed E-state index contributed by atoms with van der Waals surface area (Å²) in [6.07, 6.45) is 3.58. The van der Waals surface area contributed by atoms with E-state index in [4.69, 9.17) is 31.2 Å². The van der Waals surface area contributed by atoms with Crippen molar-refractivity contribution in [3.8, 4) is 23.0 Å². The van der Waals surface area contributed by atoms with Crippen LogP contribution in [0.3, 0.4) is 0 Å². The topological polar surface area (TPSA) is 49.8 Å². The number of benzene rings is 2. The lowest BCUT2D eigenvalue weighted by Gasteiger charge is -2.15. The lowest BCUT2D eigenvalue weighted by atomic mass is 10.00. The monoisotopic (exact) mass is 419 g/mol. The predicted molar refractivity (Wildman–Crippen MR) is 117 cm³/mol. The second-order valence-electron chi connectivity index (χ2n) is 5.75. The second kappa shape index (κ2) is 9.57. The van der Waals surface area contributed by atoms with Gasteiger partial charge in [-0.1, -0.05) is 12.2 Å². The van der Waals surface area contributed by atoms with Crippen molar-refractivity contribution in [2.75, 3.05) is 27.9 Å². The van der Waals surface area contributed by atoms with Crippen molar-refractivity contribution in [2.45, 2.75) is 6.92 Å². The Balaban J connectivity index is 0.00000280. The Hall–Kier alpha value is -2.57. The molecule has 7 heteroatoms. The number of fused-ring (bicyclic) bond motifs is 1. The Morgan fingerprint density at radius 3 is 2.21 bits per heavy atom. The SMILES string of the molecule is CCOc1ccc2c(C(=S)c3cc(OC)c(OC)c(OC)c3)cncc2c1.Cl. The first-order valence-corrected chi connectivity index (χ1v) is 8.89. The Kier molecular flexibility index (Phi) is 7.43. The van der Waals surface area contributed by atoms with Crippen LogP contribution in [0.1, 0.15) is 18.1 Å². The summed E-state index contributed by atoms with van der Waals surface area (Å²) >= 11 is 5.77. The summed E-state index contributed by atoms with van der Waals surface area (Å²) in [5, 5.41) is 1.97. The molecule has 28 heavy (non-hydrogen) atoms. The molecule has 0 saturated carbocycles. The van der Waals surface area contributed by atoms with E-state index in [1.807, 2.05) is 37.3 Å². The molecule has 148 valence electrons. The molecule has 1 heterocycles. The zero-order valence-corrected chi connectivity index (χ0v) is 17.8. The van der Waals surface area contributed by atoms with Gasteiger partial charge >= 0.3 is 0 Å². The zero-order chi connectivity index (χ0) is 19.4. The van der Waals surface area contributed by atoms with Crippen LogP contribution >= 0.6 is 24.6 Å². The number of rotatable bonds is 7. The minimum atomic E-state index is 0. The summed E-state index contributed by atoms with van der Waals surface area (Å²) < 4.78 is 21.8. The number of thiocarbonyl (C=S) groups is 1. The van der Waals surface area contributed by atoms with E-state index in [2.05, 4.69) is 4.98 Å².